The van der Waals surface area contributed by atoms with Gasteiger partial charge in [-0.1, -0.05) is 18.2 Å². The van der Waals surface area contributed by atoms with Crippen molar-refractivity contribution in [2.75, 3.05) is 5.32 Å². The van der Waals surface area contributed by atoms with Crippen molar-refractivity contribution in [2.24, 2.45) is 16.0 Å². The van der Waals surface area contributed by atoms with Gasteiger partial charge >= 0.3 is 0 Å². The number of benzene rings is 2. The summed E-state index contributed by atoms with van der Waals surface area (Å²) in [6.07, 6.45) is 2.39. The molecule has 0 unspecified atom stereocenters. The van der Waals surface area contributed by atoms with Gasteiger partial charge in [-0.05, 0) is 48.6 Å². The molecule has 0 radical (unpaired) electrons. The van der Waals surface area contributed by atoms with Gasteiger partial charge in [-0.2, -0.15) is 5.10 Å². The number of hydrogen-bond donors (Lipinski definition) is 3. The summed E-state index contributed by atoms with van der Waals surface area (Å²) in [7, 11) is 0. The van der Waals surface area contributed by atoms with Gasteiger partial charge in [0.2, 0.25) is 0 Å². The number of nitrogens with two attached hydrogens (primary N) is 1. The van der Waals surface area contributed by atoms with E-state index in [-0.39, 0.29) is 5.01 Å². The lowest BCUT2D eigenvalue weighted by Crippen LogP contribution is -2.30. The zero-order valence-electron chi connectivity index (χ0n) is 16.3. The Morgan fingerprint density at radius 1 is 1.19 bits per heavy atom. The number of anilines is 1. The van der Waals surface area contributed by atoms with E-state index >= 15 is 0 Å². The van der Waals surface area contributed by atoms with E-state index < -0.39 is 23.2 Å². The lowest BCUT2D eigenvalue weighted by atomic mass is 10.0. The molecule has 0 atom stereocenters. The van der Waals surface area contributed by atoms with Gasteiger partial charge in [0.25, 0.3) is 5.91 Å². The molecule has 0 saturated heterocycles. The number of aryl methyl sites for hydroxylation is 2. The number of aromatic nitrogens is 1. The first kappa shape index (κ1) is 20.8. The Balaban J connectivity index is 1.72. The molecule has 2 aromatic carbocycles. The Bertz CT molecular complexity index is 1190. The number of nitrogens with one attached hydrogen (secondary N) is 2. The van der Waals surface area contributed by atoms with Crippen LogP contribution in [0.3, 0.4) is 0 Å². The van der Waals surface area contributed by atoms with Crippen LogP contribution in [0.15, 0.2) is 46.6 Å². The van der Waals surface area contributed by atoms with Crippen molar-refractivity contribution in [1.82, 2.24) is 10.4 Å². The van der Waals surface area contributed by atoms with E-state index in [0.29, 0.717) is 17.8 Å². The third kappa shape index (κ3) is 4.07. The Kier molecular flexibility index (Phi) is 5.83. The number of amides is 1. The van der Waals surface area contributed by atoms with E-state index in [1.165, 1.54) is 17.4 Å². The Morgan fingerprint density at radius 3 is 2.68 bits per heavy atom. The molecular weight excluding hydrogens is 422 g/mol. The van der Waals surface area contributed by atoms with Gasteiger partial charge in [0.15, 0.2) is 10.8 Å². The SMILES string of the molecule is C=N/N=C(\NN)c1ccc2c(c1)-c1sc(C(=O)Nc3c(F)cccc3F)nc1CCC2. The molecular formula is C21H18F2N6OS. The van der Waals surface area contributed by atoms with Crippen LogP contribution >= 0.6 is 11.3 Å². The van der Waals surface area contributed by atoms with Crippen molar-refractivity contribution >= 4 is 35.5 Å². The van der Waals surface area contributed by atoms with E-state index in [1.54, 1.807) is 0 Å². The summed E-state index contributed by atoms with van der Waals surface area (Å²) in [4.78, 5) is 18.0. The third-order valence-electron chi connectivity index (χ3n) is 4.89. The maximum Gasteiger partial charge on any atom is 0.284 e. The van der Waals surface area contributed by atoms with Gasteiger partial charge in [-0.25, -0.2) is 19.6 Å². The van der Waals surface area contributed by atoms with Crippen molar-refractivity contribution in [1.29, 1.82) is 0 Å². The topological polar surface area (TPSA) is 105 Å². The molecule has 1 aliphatic rings. The molecule has 0 aliphatic heterocycles. The quantitative estimate of drug-likeness (QED) is 0.249. The van der Waals surface area contributed by atoms with Gasteiger partial charge in [-0.15, -0.1) is 16.4 Å². The number of para-hydroxylation sites is 1. The largest absolute Gasteiger partial charge is 0.315 e. The summed E-state index contributed by atoms with van der Waals surface area (Å²) in [5, 5.41) is 9.82. The molecule has 7 nitrogen and oxygen atoms in total. The van der Waals surface area contributed by atoms with Crippen molar-refractivity contribution in [3.63, 3.8) is 0 Å². The van der Waals surface area contributed by atoms with Crippen molar-refractivity contribution in [3.8, 4) is 10.4 Å². The number of carbonyl (C=O) groups is 1. The highest BCUT2D eigenvalue weighted by Gasteiger charge is 2.24. The predicted octanol–water partition coefficient (Wildman–Crippen LogP) is 3.65. The normalized spacial score (nSPS) is 13.1. The fourth-order valence-electron chi connectivity index (χ4n) is 3.45. The molecule has 31 heavy (non-hydrogen) atoms. The Morgan fingerprint density at radius 2 is 1.97 bits per heavy atom. The summed E-state index contributed by atoms with van der Waals surface area (Å²) in [6.45, 7) is 3.34. The van der Waals surface area contributed by atoms with Crippen LogP contribution < -0.4 is 16.6 Å². The second-order valence-corrected chi connectivity index (χ2v) is 7.80. The highest BCUT2D eigenvalue weighted by molar-refractivity contribution is 7.17. The monoisotopic (exact) mass is 440 g/mol. The maximum absolute atomic E-state index is 13.9. The average molecular weight is 440 g/mol. The first-order valence-electron chi connectivity index (χ1n) is 9.41. The molecule has 1 aromatic heterocycles. The van der Waals surface area contributed by atoms with E-state index in [9.17, 15) is 13.6 Å². The number of halogens is 2. The lowest BCUT2D eigenvalue weighted by molar-refractivity contribution is 0.102. The van der Waals surface area contributed by atoms with E-state index in [1.807, 2.05) is 18.2 Å². The van der Waals surface area contributed by atoms with Crippen LogP contribution in [0, 0.1) is 11.6 Å². The minimum atomic E-state index is -0.849. The number of fused-ring (bicyclic) bond motifs is 3. The van der Waals surface area contributed by atoms with Crippen LogP contribution in [0.1, 0.15) is 33.0 Å². The summed E-state index contributed by atoms with van der Waals surface area (Å²) in [5.74, 6) is 3.53. The molecule has 0 saturated carbocycles. The highest BCUT2D eigenvalue weighted by Crippen LogP contribution is 2.37. The predicted molar refractivity (Wildman–Crippen MR) is 117 cm³/mol. The molecule has 0 spiro atoms. The van der Waals surface area contributed by atoms with E-state index in [2.05, 4.69) is 32.6 Å². The second kappa shape index (κ2) is 8.70. The Labute approximate surface area is 180 Å². The van der Waals surface area contributed by atoms with Crippen LogP contribution in [0.5, 0.6) is 0 Å². The highest BCUT2D eigenvalue weighted by atomic mass is 32.1. The molecule has 1 heterocycles. The minimum Gasteiger partial charge on any atom is -0.315 e. The van der Waals surface area contributed by atoms with Gasteiger partial charge in [0, 0.05) is 12.3 Å². The number of hydrazine groups is 1. The molecule has 0 fully saturated rings. The standard InChI is InChI=1S/C21H18F2N6OS/c1-25-29-19(28-24)12-9-8-11-4-2-7-16-18(13(11)10-12)31-21(26-16)20(30)27-17-14(22)5-3-6-15(17)23/h3,5-6,8-10H,1-2,4,7,24H2,(H,27,30)(H,28,29). The smallest absolute Gasteiger partial charge is 0.284 e. The Hall–Kier alpha value is -3.50. The lowest BCUT2D eigenvalue weighted by Gasteiger charge is -2.10. The first-order valence-corrected chi connectivity index (χ1v) is 10.2. The van der Waals surface area contributed by atoms with Crippen molar-refractivity contribution < 1.29 is 13.6 Å². The number of rotatable bonds is 4. The second-order valence-electron chi connectivity index (χ2n) is 6.81. The summed E-state index contributed by atoms with van der Waals surface area (Å²) in [6, 6.07) is 9.15. The summed E-state index contributed by atoms with van der Waals surface area (Å²) >= 11 is 1.18. The molecule has 4 rings (SSSR count). The number of thiazole rings is 1. The molecule has 4 N–H and O–H groups in total. The van der Waals surface area contributed by atoms with Gasteiger partial charge in [-0.3, -0.25) is 4.79 Å². The van der Waals surface area contributed by atoms with Crippen molar-refractivity contribution in [3.05, 3.63) is 69.9 Å². The molecule has 158 valence electrons. The van der Waals surface area contributed by atoms with Crippen LogP contribution in [-0.2, 0) is 12.8 Å². The molecule has 1 aliphatic carbocycles. The number of nitrogens with zero attached hydrogens (tertiary/aromatic N) is 3. The molecule has 0 bridgehead atoms. The summed E-state index contributed by atoms with van der Waals surface area (Å²) in [5.41, 5.74) is 5.48. The van der Waals surface area contributed by atoms with Gasteiger partial charge in [0.05, 0.1) is 10.6 Å². The third-order valence-corrected chi connectivity index (χ3v) is 6.02. The van der Waals surface area contributed by atoms with E-state index in [0.717, 1.165) is 46.7 Å². The maximum atomic E-state index is 13.9. The summed E-state index contributed by atoms with van der Waals surface area (Å²) < 4.78 is 27.8. The zero-order chi connectivity index (χ0) is 22.0. The molecule has 3 aromatic rings. The number of carbonyl (C=O) groups excluding carboxylic acids is 1. The van der Waals surface area contributed by atoms with Crippen LogP contribution in [0.4, 0.5) is 14.5 Å². The molecule has 1 amide bonds. The minimum absolute atomic E-state index is 0.129. The average Bonchev–Trinajstić information content (AvgIpc) is 3.11. The van der Waals surface area contributed by atoms with Crippen LogP contribution in [0.2, 0.25) is 0 Å². The molecule has 10 heteroatoms. The van der Waals surface area contributed by atoms with Crippen molar-refractivity contribution in [2.45, 2.75) is 19.3 Å². The van der Waals surface area contributed by atoms with Crippen LogP contribution in [0.25, 0.3) is 10.4 Å². The first-order chi connectivity index (χ1) is 15.0. The number of hydrogen-bond acceptors (Lipinski definition) is 6. The fourth-order valence-corrected chi connectivity index (χ4v) is 4.51. The van der Waals surface area contributed by atoms with Gasteiger partial charge in [0.1, 0.15) is 17.3 Å². The zero-order valence-corrected chi connectivity index (χ0v) is 17.1. The van der Waals surface area contributed by atoms with Crippen LogP contribution in [-0.4, -0.2) is 23.4 Å². The fraction of sp³-hybridized carbons (Fsp3) is 0.143. The number of amidine groups is 1. The van der Waals surface area contributed by atoms with Gasteiger partial charge < -0.3 is 10.7 Å². The van der Waals surface area contributed by atoms with E-state index in [4.69, 9.17) is 5.84 Å².